The lowest BCUT2D eigenvalue weighted by atomic mass is 9.95. The third-order valence-electron chi connectivity index (χ3n) is 4.58. The molecule has 4 nitrogen and oxygen atoms in total. The van der Waals surface area contributed by atoms with E-state index >= 15 is 0 Å². The number of halogens is 2. The van der Waals surface area contributed by atoms with Crippen molar-refractivity contribution in [3.8, 4) is 0 Å². The van der Waals surface area contributed by atoms with E-state index in [9.17, 15) is 14.0 Å². The fraction of sp³-hybridized carbons (Fsp3) is 0.300. The lowest BCUT2D eigenvalue weighted by molar-refractivity contribution is -0.133. The van der Waals surface area contributed by atoms with Gasteiger partial charge in [-0.25, -0.2) is 4.39 Å². The molecule has 2 amide bonds. The van der Waals surface area contributed by atoms with E-state index < -0.39 is 0 Å². The van der Waals surface area contributed by atoms with Crippen molar-refractivity contribution in [2.24, 2.45) is 5.92 Å². The summed E-state index contributed by atoms with van der Waals surface area (Å²) >= 11 is 5.93. The Hall–Kier alpha value is -2.40. The number of carbonyl (C=O) groups is 2. The van der Waals surface area contributed by atoms with Gasteiger partial charge in [-0.05, 0) is 48.7 Å². The lowest BCUT2D eigenvalue weighted by Crippen LogP contribution is -2.42. The Morgan fingerprint density at radius 3 is 2.46 bits per heavy atom. The molecule has 1 N–H and O–H groups in total. The maximum absolute atomic E-state index is 12.9. The fourth-order valence-corrected chi connectivity index (χ4v) is 3.28. The number of amides is 2. The van der Waals surface area contributed by atoms with E-state index in [2.05, 4.69) is 5.32 Å². The first-order valence-corrected chi connectivity index (χ1v) is 8.98. The maximum atomic E-state index is 12.9. The van der Waals surface area contributed by atoms with Crippen LogP contribution in [0.25, 0.3) is 0 Å². The van der Waals surface area contributed by atoms with Crippen molar-refractivity contribution in [2.45, 2.75) is 19.3 Å². The van der Waals surface area contributed by atoms with Crippen molar-refractivity contribution in [3.05, 3.63) is 64.9 Å². The fourth-order valence-electron chi connectivity index (χ4n) is 3.09. The first-order chi connectivity index (χ1) is 12.5. The van der Waals surface area contributed by atoms with E-state index in [1.807, 2.05) is 0 Å². The highest BCUT2D eigenvalue weighted by Crippen LogP contribution is 2.21. The van der Waals surface area contributed by atoms with Gasteiger partial charge in [0, 0.05) is 29.7 Å². The molecule has 0 aromatic heterocycles. The number of benzene rings is 2. The Morgan fingerprint density at radius 2 is 1.81 bits per heavy atom. The molecular formula is C20H20ClFN2O2. The molecule has 6 heteroatoms. The van der Waals surface area contributed by atoms with E-state index in [-0.39, 0.29) is 30.0 Å². The number of carbonyl (C=O) groups excluding carboxylic acids is 2. The van der Waals surface area contributed by atoms with Crippen molar-refractivity contribution in [1.29, 1.82) is 0 Å². The SMILES string of the molecule is O=C(Nc1cccc(Cl)c1)C1CCN(C(=O)Cc2ccc(F)cc2)CC1. The van der Waals surface area contributed by atoms with Crippen LogP contribution in [0, 0.1) is 11.7 Å². The minimum atomic E-state index is -0.312. The smallest absolute Gasteiger partial charge is 0.227 e. The Labute approximate surface area is 157 Å². The zero-order valence-corrected chi connectivity index (χ0v) is 15.0. The zero-order chi connectivity index (χ0) is 18.5. The highest BCUT2D eigenvalue weighted by atomic mass is 35.5. The predicted octanol–water partition coefficient (Wildman–Crippen LogP) is 3.90. The highest BCUT2D eigenvalue weighted by Gasteiger charge is 2.27. The Morgan fingerprint density at radius 1 is 1.12 bits per heavy atom. The van der Waals surface area contributed by atoms with E-state index in [0.29, 0.717) is 36.6 Å². The topological polar surface area (TPSA) is 49.4 Å². The summed E-state index contributed by atoms with van der Waals surface area (Å²) in [6, 6.07) is 13.0. The molecule has 0 saturated carbocycles. The van der Waals surface area contributed by atoms with E-state index in [4.69, 9.17) is 11.6 Å². The summed E-state index contributed by atoms with van der Waals surface area (Å²) in [4.78, 5) is 26.5. The highest BCUT2D eigenvalue weighted by molar-refractivity contribution is 6.30. The van der Waals surface area contributed by atoms with Gasteiger partial charge in [0.15, 0.2) is 0 Å². The second-order valence-corrected chi connectivity index (χ2v) is 6.89. The van der Waals surface area contributed by atoms with Gasteiger partial charge in [-0.2, -0.15) is 0 Å². The normalized spacial score (nSPS) is 14.9. The number of hydrogen-bond acceptors (Lipinski definition) is 2. The van der Waals surface area contributed by atoms with Gasteiger partial charge in [0.2, 0.25) is 11.8 Å². The van der Waals surface area contributed by atoms with Gasteiger partial charge in [0.1, 0.15) is 5.82 Å². The molecule has 136 valence electrons. The quantitative estimate of drug-likeness (QED) is 0.882. The number of piperidine rings is 1. The van der Waals surface area contributed by atoms with Crippen LogP contribution >= 0.6 is 11.6 Å². The van der Waals surface area contributed by atoms with E-state index in [1.165, 1.54) is 12.1 Å². The van der Waals surface area contributed by atoms with Crippen LogP contribution in [0.1, 0.15) is 18.4 Å². The molecular weight excluding hydrogens is 355 g/mol. The Kier molecular flexibility index (Phi) is 5.89. The molecule has 0 unspecified atom stereocenters. The predicted molar refractivity (Wildman–Crippen MR) is 99.5 cm³/mol. The van der Waals surface area contributed by atoms with Gasteiger partial charge < -0.3 is 10.2 Å². The van der Waals surface area contributed by atoms with Gasteiger partial charge in [-0.1, -0.05) is 29.8 Å². The maximum Gasteiger partial charge on any atom is 0.227 e. The van der Waals surface area contributed by atoms with Crippen LogP contribution < -0.4 is 5.32 Å². The van der Waals surface area contributed by atoms with Crippen LogP contribution in [-0.2, 0) is 16.0 Å². The number of rotatable bonds is 4. The van der Waals surface area contributed by atoms with Crippen molar-refractivity contribution < 1.29 is 14.0 Å². The van der Waals surface area contributed by atoms with Crippen LogP contribution in [0.3, 0.4) is 0 Å². The van der Waals surface area contributed by atoms with Gasteiger partial charge in [-0.15, -0.1) is 0 Å². The largest absolute Gasteiger partial charge is 0.342 e. The average Bonchev–Trinajstić information content (AvgIpc) is 2.64. The van der Waals surface area contributed by atoms with Gasteiger partial charge in [-0.3, -0.25) is 9.59 Å². The summed E-state index contributed by atoms with van der Waals surface area (Å²) in [5.41, 5.74) is 1.47. The second-order valence-electron chi connectivity index (χ2n) is 6.46. The van der Waals surface area contributed by atoms with Crippen LogP contribution in [0.2, 0.25) is 5.02 Å². The molecule has 1 aliphatic rings. The summed E-state index contributed by atoms with van der Waals surface area (Å²) in [6.07, 6.45) is 1.50. The molecule has 0 atom stereocenters. The Balaban J connectivity index is 1.49. The molecule has 0 aliphatic carbocycles. The standard InChI is InChI=1S/C20H20ClFN2O2/c21-16-2-1-3-18(13-16)23-20(26)15-8-10-24(11-9-15)19(25)12-14-4-6-17(22)7-5-14/h1-7,13,15H,8-12H2,(H,23,26). The third kappa shape index (κ3) is 4.82. The molecule has 0 spiro atoms. The number of likely N-dealkylation sites (tertiary alicyclic amines) is 1. The summed E-state index contributed by atoms with van der Waals surface area (Å²) in [7, 11) is 0. The minimum Gasteiger partial charge on any atom is -0.342 e. The van der Waals surface area contributed by atoms with Crippen LogP contribution in [0.4, 0.5) is 10.1 Å². The van der Waals surface area contributed by atoms with Crippen molar-refractivity contribution in [1.82, 2.24) is 4.90 Å². The average molecular weight is 375 g/mol. The summed E-state index contributed by atoms with van der Waals surface area (Å²) < 4.78 is 12.9. The first kappa shape index (κ1) is 18.4. The number of nitrogens with zero attached hydrogens (tertiary/aromatic N) is 1. The van der Waals surface area contributed by atoms with Gasteiger partial charge in [0.25, 0.3) is 0 Å². The van der Waals surface area contributed by atoms with E-state index in [0.717, 1.165) is 5.56 Å². The van der Waals surface area contributed by atoms with Crippen molar-refractivity contribution in [3.63, 3.8) is 0 Å². The monoisotopic (exact) mass is 374 g/mol. The number of nitrogens with one attached hydrogen (secondary N) is 1. The second kappa shape index (κ2) is 8.32. The molecule has 26 heavy (non-hydrogen) atoms. The number of hydrogen-bond donors (Lipinski definition) is 1. The molecule has 0 radical (unpaired) electrons. The summed E-state index contributed by atoms with van der Waals surface area (Å²) in [5, 5.41) is 3.45. The van der Waals surface area contributed by atoms with Crippen LogP contribution in [0.15, 0.2) is 48.5 Å². The van der Waals surface area contributed by atoms with Crippen molar-refractivity contribution in [2.75, 3.05) is 18.4 Å². The molecule has 1 fully saturated rings. The summed E-state index contributed by atoms with van der Waals surface area (Å²) in [6.45, 7) is 1.10. The molecule has 0 bridgehead atoms. The molecule has 1 aliphatic heterocycles. The zero-order valence-electron chi connectivity index (χ0n) is 14.3. The molecule has 2 aromatic carbocycles. The molecule has 3 rings (SSSR count). The van der Waals surface area contributed by atoms with E-state index in [1.54, 1.807) is 41.3 Å². The first-order valence-electron chi connectivity index (χ1n) is 8.60. The lowest BCUT2D eigenvalue weighted by Gasteiger charge is -2.31. The molecule has 1 saturated heterocycles. The van der Waals surface area contributed by atoms with Crippen molar-refractivity contribution >= 4 is 29.1 Å². The molecule has 1 heterocycles. The molecule has 2 aromatic rings. The van der Waals surface area contributed by atoms with Crippen LogP contribution in [-0.4, -0.2) is 29.8 Å². The minimum absolute atomic E-state index is 0.00491. The van der Waals surface area contributed by atoms with Gasteiger partial charge >= 0.3 is 0 Å². The van der Waals surface area contributed by atoms with Gasteiger partial charge in [0.05, 0.1) is 6.42 Å². The Bertz CT molecular complexity index is 787. The number of anilines is 1. The summed E-state index contributed by atoms with van der Waals surface area (Å²) in [5.74, 6) is -0.472. The van der Waals surface area contributed by atoms with Crippen LogP contribution in [0.5, 0.6) is 0 Å². The third-order valence-corrected chi connectivity index (χ3v) is 4.81.